The molecule has 0 rings (SSSR count). The third-order valence-electron chi connectivity index (χ3n) is 0.569. The first kappa shape index (κ1) is 12.6. The summed E-state index contributed by atoms with van der Waals surface area (Å²) >= 11 is 5.21. The van der Waals surface area contributed by atoms with Gasteiger partial charge in [-0.3, -0.25) is 4.79 Å². The molecule has 0 aromatic carbocycles. The number of carbonyl (C=O) groups excluding carboxylic acids is 2. The fraction of sp³-hybridized carbons (Fsp3) is 0.333. The van der Waals surface area contributed by atoms with Crippen molar-refractivity contribution in [2.75, 3.05) is 5.88 Å². The molecular weight excluding hydrogens is 168 g/mol. The van der Waals surface area contributed by atoms with Crippen LogP contribution in [-0.2, 0) is 4.79 Å². The molecule has 0 heterocycles. The van der Waals surface area contributed by atoms with E-state index in [1.54, 1.807) is 0 Å². The smallest absolute Gasteiger partial charge is 0.309 e. The molecule has 5 heteroatoms. The van der Waals surface area contributed by atoms with Crippen LogP contribution in [0.5, 0.6) is 0 Å². The highest BCUT2D eigenvalue weighted by Gasteiger charge is 1.88. The normalized spacial score (nSPS) is 7.36. The van der Waals surface area contributed by atoms with E-state index >= 15 is 0 Å². The minimum absolute atomic E-state index is 0.00926. The quantitative estimate of drug-likeness (QED) is 0.484. The summed E-state index contributed by atoms with van der Waals surface area (Å²) in [5.41, 5.74) is 8.50. The molecule has 0 atom stereocenters. The Bertz CT molecular complexity index is 144. The van der Waals surface area contributed by atoms with Crippen LogP contribution in [0.2, 0.25) is 0 Å². The van der Waals surface area contributed by atoms with Crippen LogP contribution in [0.3, 0.4) is 0 Å². The second kappa shape index (κ2) is 8.97. The highest BCUT2D eigenvalue weighted by atomic mass is 35.5. The molecule has 0 saturated heterocycles. The second-order valence-corrected chi connectivity index (χ2v) is 1.89. The van der Waals surface area contributed by atoms with E-state index in [9.17, 15) is 4.79 Å². The Labute approximate surface area is 70.2 Å². The lowest BCUT2D eigenvalue weighted by Gasteiger charge is -1.81. The van der Waals surface area contributed by atoms with Gasteiger partial charge >= 0.3 is 6.03 Å². The van der Waals surface area contributed by atoms with Gasteiger partial charge in [0, 0.05) is 12.3 Å². The minimum atomic E-state index is -0.833. The van der Waals surface area contributed by atoms with Crippen LogP contribution in [-0.4, -0.2) is 17.7 Å². The molecule has 2 amide bonds. The van der Waals surface area contributed by atoms with Crippen molar-refractivity contribution >= 4 is 23.4 Å². The maximum absolute atomic E-state index is 10.2. The molecular formula is C6H11ClN2O2. The number of allylic oxidation sites excluding steroid dienone is 1. The van der Waals surface area contributed by atoms with Gasteiger partial charge in [-0.25, -0.2) is 4.79 Å². The summed E-state index contributed by atoms with van der Waals surface area (Å²) in [5, 5.41) is 0. The van der Waals surface area contributed by atoms with E-state index in [1.807, 2.05) is 0 Å². The molecule has 0 aliphatic rings. The van der Waals surface area contributed by atoms with Gasteiger partial charge in [0.15, 0.2) is 5.78 Å². The number of amides is 2. The van der Waals surface area contributed by atoms with Crippen molar-refractivity contribution in [3.63, 3.8) is 0 Å². The van der Waals surface area contributed by atoms with Crippen LogP contribution in [0.25, 0.3) is 0 Å². The maximum Gasteiger partial charge on any atom is 0.309 e. The van der Waals surface area contributed by atoms with Crippen LogP contribution in [0.15, 0.2) is 12.7 Å². The third-order valence-corrected chi connectivity index (χ3v) is 0.758. The number of halogens is 1. The van der Waals surface area contributed by atoms with Crippen molar-refractivity contribution in [3.05, 3.63) is 12.7 Å². The van der Waals surface area contributed by atoms with E-state index in [-0.39, 0.29) is 5.78 Å². The van der Waals surface area contributed by atoms with Gasteiger partial charge in [0.05, 0.1) is 0 Å². The number of primary amides is 2. The first-order chi connectivity index (χ1) is 5.04. The molecule has 0 spiro atoms. The molecule has 64 valence electrons. The van der Waals surface area contributed by atoms with Crippen LogP contribution >= 0.6 is 11.6 Å². The Kier molecular flexibility index (Phi) is 10.3. The Morgan fingerprint density at radius 2 is 1.82 bits per heavy atom. The standard InChI is InChI=1S/C5H7ClO.CH4N2O/c1-2-5(7)3-4-6;2-1(3)4/h2H,1,3-4H2;(H4,2,3,4). The number of ketones is 1. The van der Waals surface area contributed by atoms with E-state index in [1.165, 1.54) is 6.08 Å². The van der Waals surface area contributed by atoms with Gasteiger partial charge < -0.3 is 11.5 Å². The van der Waals surface area contributed by atoms with Crippen molar-refractivity contribution in [1.29, 1.82) is 0 Å². The van der Waals surface area contributed by atoms with Gasteiger partial charge in [0.25, 0.3) is 0 Å². The summed E-state index contributed by atoms with van der Waals surface area (Å²) in [4.78, 5) is 19.2. The Balaban J connectivity index is 0. The number of alkyl halides is 1. The van der Waals surface area contributed by atoms with Gasteiger partial charge in [-0.15, -0.1) is 11.6 Å². The van der Waals surface area contributed by atoms with Crippen molar-refractivity contribution < 1.29 is 9.59 Å². The molecule has 0 bridgehead atoms. The van der Waals surface area contributed by atoms with E-state index < -0.39 is 6.03 Å². The number of hydrogen-bond donors (Lipinski definition) is 2. The Hall–Kier alpha value is -1.03. The summed E-state index contributed by atoms with van der Waals surface area (Å²) in [7, 11) is 0. The van der Waals surface area contributed by atoms with Gasteiger partial charge in [0.1, 0.15) is 0 Å². The minimum Gasteiger partial charge on any atom is -0.352 e. The average molecular weight is 179 g/mol. The lowest BCUT2D eigenvalue weighted by atomic mass is 10.3. The fourth-order valence-electron chi connectivity index (χ4n) is 0.195. The van der Waals surface area contributed by atoms with Gasteiger partial charge in [-0.05, 0) is 6.08 Å². The van der Waals surface area contributed by atoms with Crippen molar-refractivity contribution in [1.82, 2.24) is 0 Å². The molecule has 0 aliphatic heterocycles. The number of urea groups is 1. The predicted molar refractivity (Wildman–Crippen MR) is 44.3 cm³/mol. The second-order valence-electron chi connectivity index (χ2n) is 1.51. The Morgan fingerprint density at radius 1 is 1.45 bits per heavy atom. The predicted octanol–water partition coefficient (Wildman–Crippen LogP) is 0.394. The lowest BCUT2D eigenvalue weighted by molar-refractivity contribution is -0.114. The molecule has 11 heavy (non-hydrogen) atoms. The van der Waals surface area contributed by atoms with Crippen LogP contribution < -0.4 is 11.5 Å². The number of hydrogen-bond acceptors (Lipinski definition) is 2. The first-order valence-electron chi connectivity index (χ1n) is 2.80. The van der Waals surface area contributed by atoms with Gasteiger partial charge in [-0.2, -0.15) is 0 Å². The molecule has 0 aromatic heterocycles. The summed E-state index contributed by atoms with van der Waals surface area (Å²) in [6.45, 7) is 3.27. The highest BCUT2D eigenvalue weighted by molar-refractivity contribution is 6.19. The van der Waals surface area contributed by atoms with E-state index in [2.05, 4.69) is 18.0 Å². The molecule has 0 radical (unpaired) electrons. The molecule has 4 nitrogen and oxygen atoms in total. The summed E-state index contributed by atoms with van der Waals surface area (Å²) < 4.78 is 0. The van der Waals surface area contributed by atoms with Crippen molar-refractivity contribution in [2.24, 2.45) is 11.5 Å². The summed E-state index contributed by atoms with van der Waals surface area (Å²) in [6, 6.07) is -0.833. The molecule has 0 unspecified atom stereocenters. The topological polar surface area (TPSA) is 86.2 Å². The largest absolute Gasteiger partial charge is 0.352 e. The summed E-state index contributed by atoms with van der Waals surface area (Å²) in [6.07, 6.45) is 1.69. The molecule has 4 N–H and O–H groups in total. The fourth-order valence-corrected chi connectivity index (χ4v) is 0.381. The van der Waals surface area contributed by atoms with Crippen LogP contribution in [0, 0.1) is 0 Å². The zero-order valence-electron chi connectivity index (χ0n) is 6.05. The summed E-state index contributed by atoms with van der Waals surface area (Å²) in [5.74, 6) is 0.403. The lowest BCUT2D eigenvalue weighted by Crippen LogP contribution is -2.18. The average Bonchev–Trinajstić information content (AvgIpc) is 1.87. The zero-order valence-corrected chi connectivity index (χ0v) is 6.80. The molecule has 0 aromatic rings. The molecule has 0 saturated carbocycles. The molecule has 0 aliphatic carbocycles. The van der Waals surface area contributed by atoms with E-state index in [0.29, 0.717) is 12.3 Å². The maximum atomic E-state index is 10.2. The number of carbonyl (C=O) groups is 2. The highest BCUT2D eigenvalue weighted by Crippen LogP contribution is 1.85. The van der Waals surface area contributed by atoms with E-state index in [4.69, 9.17) is 16.4 Å². The Morgan fingerprint density at radius 3 is 1.91 bits per heavy atom. The number of rotatable bonds is 3. The zero-order chi connectivity index (χ0) is 9.28. The van der Waals surface area contributed by atoms with Crippen LogP contribution in [0.1, 0.15) is 6.42 Å². The number of nitrogens with two attached hydrogens (primary N) is 2. The van der Waals surface area contributed by atoms with Gasteiger partial charge in [0.2, 0.25) is 0 Å². The first-order valence-corrected chi connectivity index (χ1v) is 3.34. The van der Waals surface area contributed by atoms with E-state index in [0.717, 1.165) is 0 Å². The van der Waals surface area contributed by atoms with Crippen LogP contribution in [0.4, 0.5) is 4.79 Å². The van der Waals surface area contributed by atoms with Crippen molar-refractivity contribution in [3.8, 4) is 0 Å². The molecule has 0 fully saturated rings. The van der Waals surface area contributed by atoms with Crippen molar-refractivity contribution in [2.45, 2.75) is 6.42 Å². The van der Waals surface area contributed by atoms with Gasteiger partial charge in [-0.1, -0.05) is 6.58 Å². The monoisotopic (exact) mass is 178 g/mol. The SMILES string of the molecule is C=CC(=O)CCCl.NC(N)=O. The third kappa shape index (κ3) is 27.6.